The molecule has 0 amide bonds. The van der Waals surface area contributed by atoms with Gasteiger partial charge >= 0.3 is 0 Å². The molecule has 0 aliphatic heterocycles. The molecule has 15 heavy (non-hydrogen) atoms. The molecule has 1 saturated carbocycles. The summed E-state index contributed by atoms with van der Waals surface area (Å²) in [6, 6.07) is 3.51. The Kier molecular flexibility index (Phi) is 3.21. The molecule has 0 spiro atoms. The maximum absolute atomic E-state index is 11.9. The van der Waals surface area contributed by atoms with Crippen LogP contribution in [-0.2, 0) is 0 Å². The predicted octanol–water partition coefficient (Wildman–Crippen LogP) is 2.23. The van der Waals surface area contributed by atoms with Crippen LogP contribution in [0.1, 0.15) is 36.2 Å². The van der Waals surface area contributed by atoms with Crippen molar-refractivity contribution in [3.63, 3.8) is 0 Å². The van der Waals surface area contributed by atoms with E-state index in [0.29, 0.717) is 11.7 Å². The second-order valence-corrected chi connectivity index (χ2v) is 4.29. The summed E-state index contributed by atoms with van der Waals surface area (Å²) in [5.74, 6) is 1.44. The zero-order valence-electron chi connectivity index (χ0n) is 8.82. The summed E-state index contributed by atoms with van der Waals surface area (Å²) in [5, 5.41) is 0. The van der Waals surface area contributed by atoms with Crippen LogP contribution in [0.5, 0.6) is 0 Å². The average molecular weight is 207 g/mol. The molecule has 1 aliphatic carbocycles. The minimum absolute atomic E-state index is 0.152. The van der Waals surface area contributed by atoms with E-state index in [0.717, 1.165) is 32.2 Å². The topological polar surface area (TPSA) is 56.2 Å². The lowest BCUT2D eigenvalue weighted by Crippen LogP contribution is -2.25. The van der Waals surface area contributed by atoms with Gasteiger partial charge < -0.3 is 10.2 Å². The molecule has 1 heterocycles. The highest BCUT2D eigenvalue weighted by Gasteiger charge is 2.27. The number of hydrogen-bond donors (Lipinski definition) is 1. The number of carbonyl (C=O) groups is 1. The van der Waals surface area contributed by atoms with E-state index in [2.05, 4.69) is 0 Å². The maximum atomic E-state index is 11.9. The van der Waals surface area contributed by atoms with Gasteiger partial charge in [-0.3, -0.25) is 4.79 Å². The molecule has 0 saturated heterocycles. The first-order chi connectivity index (χ1) is 7.31. The van der Waals surface area contributed by atoms with Crippen LogP contribution in [0.3, 0.4) is 0 Å². The first kappa shape index (κ1) is 10.4. The van der Waals surface area contributed by atoms with Crippen molar-refractivity contribution in [2.45, 2.75) is 25.7 Å². The standard InChI is InChI=1S/C12H17NO2/c13-8-9-3-5-10(6-4-9)12(14)11-2-1-7-15-11/h1-2,7,9-10H,3-6,8,13H2. The van der Waals surface area contributed by atoms with Crippen molar-refractivity contribution < 1.29 is 9.21 Å². The second kappa shape index (κ2) is 4.62. The van der Waals surface area contributed by atoms with E-state index in [1.807, 2.05) is 0 Å². The third-order valence-corrected chi connectivity index (χ3v) is 3.31. The van der Waals surface area contributed by atoms with Crippen LogP contribution in [0.25, 0.3) is 0 Å². The van der Waals surface area contributed by atoms with Gasteiger partial charge in [-0.25, -0.2) is 0 Å². The van der Waals surface area contributed by atoms with Gasteiger partial charge in [0.15, 0.2) is 5.76 Å². The van der Waals surface area contributed by atoms with Crippen molar-refractivity contribution in [1.82, 2.24) is 0 Å². The number of nitrogens with two attached hydrogens (primary N) is 1. The predicted molar refractivity (Wildman–Crippen MR) is 57.5 cm³/mol. The third-order valence-electron chi connectivity index (χ3n) is 3.31. The smallest absolute Gasteiger partial charge is 0.201 e. The third kappa shape index (κ3) is 2.29. The fourth-order valence-corrected chi connectivity index (χ4v) is 2.28. The molecular formula is C12H17NO2. The van der Waals surface area contributed by atoms with Crippen molar-refractivity contribution in [3.8, 4) is 0 Å². The molecule has 0 radical (unpaired) electrons. The van der Waals surface area contributed by atoms with E-state index in [-0.39, 0.29) is 11.7 Å². The monoisotopic (exact) mass is 207 g/mol. The molecule has 1 aromatic heterocycles. The Balaban J connectivity index is 1.93. The van der Waals surface area contributed by atoms with Crippen LogP contribution in [0.4, 0.5) is 0 Å². The van der Waals surface area contributed by atoms with Gasteiger partial charge in [0.2, 0.25) is 5.78 Å². The van der Waals surface area contributed by atoms with E-state index >= 15 is 0 Å². The van der Waals surface area contributed by atoms with Crippen molar-refractivity contribution >= 4 is 5.78 Å². The van der Waals surface area contributed by atoms with Crippen LogP contribution < -0.4 is 5.73 Å². The van der Waals surface area contributed by atoms with Gasteiger partial charge in [-0.1, -0.05) is 0 Å². The van der Waals surface area contributed by atoms with Crippen LogP contribution in [0.2, 0.25) is 0 Å². The van der Waals surface area contributed by atoms with Crippen LogP contribution in [0, 0.1) is 11.8 Å². The fraction of sp³-hybridized carbons (Fsp3) is 0.583. The SMILES string of the molecule is NCC1CCC(C(=O)c2ccco2)CC1. The Morgan fingerprint density at radius 2 is 2.13 bits per heavy atom. The van der Waals surface area contributed by atoms with Crippen molar-refractivity contribution in [2.75, 3.05) is 6.54 Å². The number of hydrogen-bond acceptors (Lipinski definition) is 3. The average Bonchev–Trinajstić information content (AvgIpc) is 2.82. The molecule has 0 atom stereocenters. The van der Waals surface area contributed by atoms with Crippen LogP contribution in [-0.4, -0.2) is 12.3 Å². The normalized spacial score (nSPS) is 26.5. The quantitative estimate of drug-likeness (QED) is 0.773. The van der Waals surface area contributed by atoms with Gasteiger partial charge in [0.1, 0.15) is 0 Å². The Morgan fingerprint density at radius 3 is 2.67 bits per heavy atom. The molecule has 0 aromatic carbocycles. The van der Waals surface area contributed by atoms with E-state index < -0.39 is 0 Å². The Hall–Kier alpha value is -1.09. The molecule has 1 aromatic rings. The van der Waals surface area contributed by atoms with E-state index in [4.69, 9.17) is 10.2 Å². The minimum atomic E-state index is 0.152. The lowest BCUT2D eigenvalue weighted by atomic mass is 9.79. The Morgan fingerprint density at radius 1 is 1.40 bits per heavy atom. The van der Waals surface area contributed by atoms with Crippen molar-refractivity contribution in [1.29, 1.82) is 0 Å². The second-order valence-electron chi connectivity index (χ2n) is 4.29. The van der Waals surface area contributed by atoms with Crippen LogP contribution >= 0.6 is 0 Å². The number of ketones is 1. The highest BCUT2D eigenvalue weighted by Crippen LogP contribution is 2.30. The molecule has 1 fully saturated rings. The molecule has 3 heteroatoms. The lowest BCUT2D eigenvalue weighted by molar-refractivity contribution is 0.0844. The van der Waals surface area contributed by atoms with Gasteiger partial charge in [0.25, 0.3) is 0 Å². The van der Waals surface area contributed by atoms with Crippen LogP contribution in [0.15, 0.2) is 22.8 Å². The molecule has 0 bridgehead atoms. The first-order valence-corrected chi connectivity index (χ1v) is 5.59. The van der Waals surface area contributed by atoms with Gasteiger partial charge in [-0.05, 0) is 50.3 Å². The Bertz CT molecular complexity index is 310. The zero-order chi connectivity index (χ0) is 10.7. The summed E-state index contributed by atoms with van der Waals surface area (Å²) in [5.41, 5.74) is 5.62. The summed E-state index contributed by atoms with van der Waals surface area (Å²) in [6.07, 6.45) is 5.63. The zero-order valence-corrected chi connectivity index (χ0v) is 8.82. The summed E-state index contributed by atoms with van der Waals surface area (Å²) >= 11 is 0. The lowest BCUT2D eigenvalue weighted by Gasteiger charge is -2.25. The summed E-state index contributed by atoms with van der Waals surface area (Å²) < 4.78 is 5.13. The first-order valence-electron chi connectivity index (χ1n) is 5.59. The molecule has 82 valence electrons. The maximum Gasteiger partial charge on any atom is 0.201 e. The number of carbonyl (C=O) groups excluding carboxylic acids is 1. The van der Waals surface area contributed by atoms with Crippen molar-refractivity contribution in [2.24, 2.45) is 17.6 Å². The summed E-state index contributed by atoms with van der Waals surface area (Å²) in [6.45, 7) is 0.752. The highest BCUT2D eigenvalue weighted by atomic mass is 16.3. The van der Waals surface area contributed by atoms with E-state index in [9.17, 15) is 4.79 Å². The van der Waals surface area contributed by atoms with Crippen molar-refractivity contribution in [3.05, 3.63) is 24.2 Å². The molecule has 3 nitrogen and oxygen atoms in total. The number of furan rings is 1. The van der Waals surface area contributed by atoms with E-state index in [1.54, 1.807) is 18.4 Å². The molecular weight excluding hydrogens is 190 g/mol. The largest absolute Gasteiger partial charge is 0.461 e. The molecule has 2 rings (SSSR count). The fourth-order valence-electron chi connectivity index (χ4n) is 2.28. The van der Waals surface area contributed by atoms with Gasteiger partial charge in [0, 0.05) is 5.92 Å². The summed E-state index contributed by atoms with van der Waals surface area (Å²) in [4.78, 5) is 11.9. The number of Topliss-reactive ketones (excluding diaryl/α,β-unsaturated/α-hetero) is 1. The molecule has 1 aliphatic rings. The summed E-state index contributed by atoms with van der Waals surface area (Å²) in [7, 11) is 0. The minimum Gasteiger partial charge on any atom is -0.461 e. The highest BCUT2D eigenvalue weighted by molar-refractivity contribution is 5.95. The van der Waals surface area contributed by atoms with E-state index in [1.165, 1.54) is 0 Å². The molecule has 2 N–H and O–H groups in total. The molecule has 0 unspecified atom stereocenters. The van der Waals surface area contributed by atoms with Gasteiger partial charge in [-0.2, -0.15) is 0 Å². The van der Waals surface area contributed by atoms with Gasteiger partial charge in [0.05, 0.1) is 6.26 Å². The number of rotatable bonds is 3. The van der Waals surface area contributed by atoms with Gasteiger partial charge in [-0.15, -0.1) is 0 Å². The Labute approximate surface area is 89.6 Å².